The highest BCUT2D eigenvalue weighted by atomic mass is 79.9. The number of carbonyl (C=O) groups excluding carboxylic acids is 1. The fourth-order valence-corrected chi connectivity index (χ4v) is 3.13. The molecule has 1 aliphatic carbocycles. The van der Waals surface area contributed by atoms with E-state index in [1.165, 1.54) is 7.11 Å². The number of aliphatic hydroxyl groups is 1. The summed E-state index contributed by atoms with van der Waals surface area (Å²) in [4.78, 5) is 16.2. The lowest BCUT2D eigenvalue weighted by atomic mass is 10.0. The van der Waals surface area contributed by atoms with Gasteiger partial charge >= 0.3 is 5.97 Å². The number of ether oxygens (including phenoxy) is 1. The Bertz CT molecular complexity index is 744. The summed E-state index contributed by atoms with van der Waals surface area (Å²) in [5.41, 5.74) is 2.07. The topological polar surface area (TPSA) is 71.5 Å². The Hall–Kier alpha value is -1.66. The lowest BCUT2D eigenvalue weighted by Crippen LogP contribution is -2.17. The molecule has 122 valence electrons. The molecule has 0 spiro atoms. The van der Waals surface area contributed by atoms with Gasteiger partial charge in [-0.05, 0) is 48.9 Å². The second kappa shape index (κ2) is 6.45. The van der Waals surface area contributed by atoms with Gasteiger partial charge in [0.05, 0.1) is 12.6 Å². The largest absolute Gasteiger partial charge is 0.464 e. The van der Waals surface area contributed by atoms with Crippen LogP contribution in [0.4, 0.5) is 5.69 Å². The molecule has 0 amide bonds. The number of nitrogens with one attached hydrogen (secondary N) is 1. The normalized spacial score (nSPS) is 15.4. The molecule has 2 N–H and O–H groups in total. The van der Waals surface area contributed by atoms with Gasteiger partial charge < -0.3 is 15.2 Å². The zero-order chi connectivity index (χ0) is 16.4. The van der Waals surface area contributed by atoms with E-state index in [1.807, 2.05) is 18.2 Å². The van der Waals surface area contributed by atoms with Crippen LogP contribution in [0.2, 0.25) is 0 Å². The van der Waals surface area contributed by atoms with E-state index in [9.17, 15) is 9.90 Å². The predicted molar refractivity (Wildman–Crippen MR) is 92.6 cm³/mol. The van der Waals surface area contributed by atoms with Crippen LogP contribution in [0.15, 0.2) is 28.7 Å². The summed E-state index contributed by atoms with van der Waals surface area (Å²) in [6.45, 7) is 0.984. The molecule has 5 nitrogen and oxygen atoms in total. The third-order valence-corrected chi connectivity index (χ3v) is 4.91. The van der Waals surface area contributed by atoms with Crippen molar-refractivity contribution in [1.29, 1.82) is 0 Å². The molecule has 1 saturated carbocycles. The number of benzene rings is 1. The highest BCUT2D eigenvalue weighted by Gasteiger charge is 2.41. The van der Waals surface area contributed by atoms with Crippen molar-refractivity contribution in [2.24, 2.45) is 5.41 Å². The zero-order valence-corrected chi connectivity index (χ0v) is 14.5. The first-order chi connectivity index (χ1) is 11.1. The molecule has 3 rings (SSSR count). The van der Waals surface area contributed by atoms with Crippen molar-refractivity contribution in [3.8, 4) is 0 Å². The highest BCUT2D eigenvalue weighted by molar-refractivity contribution is 9.10. The van der Waals surface area contributed by atoms with Crippen LogP contribution in [-0.2, 0) is 4.74 Å². The van der Waals surface area contributed by atoms with Gasteiger partial charge in [0.25, 0.3) is 0 Å². The summed E-state index contributed by atoms with van der Waals surface area (Å²) in [5, 5.41) is 13.6. The molecule has 0 bridgehead atoms. The number of nitrogens with zero attached hydrogens (tertiary/aromatic N) is 1. The molecule has 1 aromatic heterocycles. The summed E-state index contributed by atoms with van der Waals surface area (Å²) in [6, 6.07) is 7.49. The SMILES string of the molecule is COC(=O)c1cc(NCC2(CCO)CC2)c2cc(Br)ccc2n1. The maximum atomic E-state index is 11.8. The van der Waals surface area contributed by atoms with Gasteiger partial charge in [0.2, 0.25) is 0 Å². The molecular weight excluding hydrogens is 360 g/mol. The molecule has 0 radical (unpaired) electrons. The summed E-state index contributed by atoms with van der Waals surface area (Å²) in [6.07, 6.45) is 3.05. The molecule has 1 fully saturated rings. The maximum absolute atomic E-state index is 11.8. The van der Waals surface area contributed by atoms with Gasteiger partial charge in [0.15, 0.2) is 5.69 Å². The average molecular weight is 379 g/mol. The first-order valence-corrected chi connectivity index (χ1v) is 8.40. The van der Waals surface area contributed by atoms with Crippen LogP contribution in [0.25, 0.3) is 10.9 Å². The van der Waals surface area contributed by atoms with Crippen molar-refractivity contribution in [2.45, 2.75) is 19.3 Å². The van der Waals surface area contributed by atoms with E-state index in [2.05, 4.69) is 26.2 Å². The maximum Gasteiger partial charge on any atom is 0.356 e. The minimum Gasteiger partial charge on any atom is -0.464 e. The van der Waals surface area contributed by atoms with Crippen LogP contribution in [0.3, 0.4) is 0 Å². The molecule has 1 aliphatic rings. The summed E-state index contributed by atoms with van der Waals surface area (Å²) in [5.74, 6) is -0.450. The predicted octanol–water partition coefficient (Wildman–Crippen LogP) is 3.36. The van der Waals surface area contributed by atoms with Gasteiger partial charge in [-0.3, -0.25) is 0 Å². The Morgan fingerprint density at radius 2 is 2.22 bits per heavy atom. The number of esters is 1. The second-order valence-electron chi connectivity index (χ2n) is 6.04. The summed E-state index contributed by atoms with van der Waals surface area (Å²) in [7, 11) is 1.35. The number of methoxy groups -OCH3 is 1. The van der Waals surface area contributed by atoms with E-state index >= 15 is 0 Å². The number of anilines is 1. The van der Waals surface area contributed by atoms with E-state index in [-0.39, 0.29) is 17.7 Å². The smallest absolute Gasteiger partial charge is 0.356 e. The van der Waals surface area contributed by atoms with Crippen molar-refractivity contribution >= 4 is 38.5 Å². The molecule has 0 unspecified atom stereocenters. The molecule has 1 heterocycles. The number of pyridine rings is 1. The fraction of sp³-hybridized carbons (Fsp3) is 0.412. The Kier molecular flexibility index (Phi) is 4.55. The number of hydrogen-bond donors (Lipinski definition) is 2. The Balaban J connectivity index is 1.95. The molecular formula is C17H19BrN2O3. The number of aliphatic hydroxyl groups excluding tert-OH is 1. The average Bonchev–Trinajstić information content (AvgIpc) is 3.32. The number of halogens is 1. The first-order valence-electron chi connectivity index (χ1n) is 7.60. The molecule has 0 atom stereocenters. The third-order valence-electron chi connectivity index (χ3n) is 4.42. The van der Waals surface area contributed by atoms with Gasteiger partial charge in [-0.1, -0.05) is 15.9 Å². The standard InChI is InChI=1S/C17H19BrN2O3/c1-23-16(22)15-9-14(19-10-17(4-5-17)6-7-21)12-8-11(18)2-3-13(12)20-15/h2-3,8-9,21H,4-7,10H2,1H3,(H,19,20). The number of carbonyl (C=O) groups is 1. The van der Waals surface area contributed by atoms with Crippen molar-refractivity contribution in [2.75, 3.05) is 25.6 Å². The number of rotatable bonds is 6. The van der Waals surface area contributed by atoms with Gasteiger partial charge in [-0.15, -0.1) is 0 Å². The fourth-order valence-electron chi connectivity index (χ4n) is 2.77. The van der Waals surface area contributed by atoms with E-state index in [0.29, 0.717) is 0 Å². The van der Waals surface area contributed by atoms with E-state index in [0.717, 1.165) is 46.9 Å². The molecule has 1 aromatic carbocycles. The lowest BCUT2D eigenvalue weighted by molar-refractivity contribution is 0.0594. The summed E-state index contributed by atoms with van der Waals surface area (Å²) < 4.78 is 5.74. The van der Waals surface area contributed by atoms with Gasteiger partial charge in [-0.25, -0.2) is 9.78 Å². The highest BCUT2D eigenvalue weighted by Crippen LogP contribution is 2.48. The van der Waals surface area contributed by atoms with Crippen molar-refractivity contribution in [1.82, 2.24) is 4.98 Å². The molecule has 23 heavy (non-hydrogen) atoms. The van der Waals surface area contributed by atoms with Crippen LogP contribution >= 0.6 is 15.9 Å². The van der Waals surface area contributed by atoms with Crippen LogP contribution < -0.4 is 5.32 Å². The van der Waals surface area contributed by atoms with E-state index in [1.54, 1.807) is 6.07 Å². The minimum atomic E-state index is -0.450. The van der Waals surface area contributed by atoms with Crippen LogP contribution in [0.5, 0.6) is 0 Å². The molecule has 2 aromatic rings. The molecule has 6 heteroatoms. The van der Waals surface area contributed by atoms with E-state index in [4.69, 9.17) is 4.74 Å². The number of hydrogen-bond acceptors (Lipinski definition) is 5. The lowest BCUT2D eigenvalue weighted by Gasteiger charge is -2.17. The Morgan fingerprint density at radius 1 is 1.43 bits per heavy atom. The first kappa shape index (κ1) is 16.2. The van der Waals surface area contributed by atoms with E-state index < -0.39 is 5.97 Å². The van der Waals surface area contributed by atoms with Crippen molar-refractivity contribution < 1.29 is 14.6 Å². The molecule has 0 aliphatic heterocycles. The Morgan fingerprint density at radius 3 is 2.87 bits per heavy atom. The molecule has 0 saturated heterocycles. The van der Waals surface area contributed by atoms with Gasteiger partial charge in [-0.2, -0.15) is 0 Å². The van der Waals surface area contributed by atoms with Crippen molar-refractivity contribution in [3.63, 3.8) is 0 Å². The van der Waals surface area contributed by atoms with Crippen molar-refractivity contribution in [3.05, 3.63) is 34.4 Å². The summed E-state index contributed by atoms with van der Waals surface area (Å²) >= 11 is 3.48. The Labute approximate surface area is 143 Å². The number of aromatic nitrogens is 1. The van der Waals surface area contributed by atoms with Gasteiger partial charge in [0, 0.05) is 28.7 Å². The quantitative estimate of drug-likeness (QED) is 0.754. The minimum absolute atomic E-state index is 0.182. The zero-order valence-electron chi connectivity index (χ0n) is 12.9. The third kappa shape index (κ3) is 3.48. The monoisotopic (exact) mass is 378 g/mol. The van der Waals surface area contributed by atoms with Gasteiger partial charge in [0.1, 0.15) is 0 Å². The number of fused-ring (bicyclic) bond motifs is 1. The second-order valence-corrected chi connectivity index (χ2v) is 6.95. The van der Waals surface area contributed by atoms with Crippen LogP contribution in [-0.4, -0.2) is 36.3 Å². The van der Waals surface area contributed by atoms with Crippen LogP contribution in [0.1, 0.15) is 29.8 Å². The van der Waals surface area contributed by atoms with Crippen LogP contribution in [0, 0.1) is 5.41 Å².